The zero-order chi connectivity index (χ0) is 9.97. The summed E-state index contributed by atoms with van der Waals surface area (Å²) in [5.74, 6) is 0.651. The van der Waals surface area contributed by atoms with Gasteiger partial charge in [0.15, 0.2) is 5.90 Å². The predicted molar refractivity (Wildman–Crippen MR) is 54.3 cm³/mol. The molecule has 0 spiro atoms. The van der Waals surface area contributed by atoms with Gasteiger partial charge < -0.3 is 9.84 Å². The molecule has 3 heteroatoms. The average molecular weight is 191 g/mol. The molecule has 2 atom stereocenters. The van der Waals surface area contributed by atoms with Crippen molar-refractivity contribution in [2.45, 2.75) is 19.1 Å². The summed E-state index contributed by atoms with van der Waals surface area (Å²) in [6.45, 7) is 1.84. The second-order valence-electron chi connectivity index (χ2n) is 3.35. The fourth-order valence-corrected chi connectivity index (χ4v) is 1.66. The highest BCUT2D eigenvalue weighted by Gasteiger charge is 2.29. The van der Waals surface area contributed by atoms with Gasteiger partial charge in [0.1, 0.15) is 12.1 Å². The van der Waals surface area contributed by atoms with E-state index in [2.05, 4.69) is 4.99 Å². The minimum absolute atomic E-state index is 0.0247. The van der Waals surface area contributed by atoms with Gasteiger partial charge in [0, 0.05) is 6.92 Å². The third kappa shape index (κ3) is 1.63. The van der Waals surface area contributed by atoms with Crippen molar-refractivity contribution in [1.29, 1.82) is 0 Å². The van der Waals surface area contributed by atoms with Crippen molar-refractivity contribution in [1.82, 2.24) is 0 Å². The Bertz CT molecular complexity index is 334. The maximum Gasteiger partial charge on any atom is 0.181 e. The molecule has 1 aliphatic heterocycles. The first-order valence-electron chi connectivity index (χ1n) is 4.68. The van der Waals surface area contributed by atoms with Crippen LogP contribution in [-0.2, 0) is 4.74 Å². The number of ether oxygens (including phenoxy) is 1. The van der Waals surface area contributed by atoms with E-state index < -0.39 is 0 Å². The van der Waals surface area contributed by atoms with Crippen LogP contribution in [0.2, 0.25) is 0 Å². The summed E-state index contributed by atoms with van der Waals surface area (Å²) in [7, 11) is 0. The number of hydrogen-bond acceptors (Lipinski definition) is 3. The summed E-state index contributed by atoms with van der Waals surface area (Å²) in [6.07, 6.45) is -0.124. The number of aliphatic hydroxyl groups excluding tert-OH is 1. The summed E-state index contributed by atoms with van der Waals surface area (Å²) in [6, 6.07) is 9.70. The van der Waals surface area contributed by atoms with Gasteiger partial charge in [-0.2, -0.15) is 0 Å². The molecule has 14 heavy (non-hydrogen) atoms. The first kappa shape index (κ1) is 9.21. The van der Waals surface area contributed by atoms with E-state index in [9.17, 15) is 0 Å². The number of aliphatic imine (C=N–C) groups is 1. The average Bonchev–Trinajstić information content (AvgIpc) is 2.61. The smallest absolute Gasteiger partial charge is 0.181 e. The molecule has 1 N–H and O–H groups in total. The lowest BCUT2D eigenvalue weighted by Gasteiger charge is -2.15. The highest BCUT2D eigenvalue weighted by atomic mass is 16.5. The monoisotopic (exact) mass is 191 g/mol. The maximum absolute atomic E-state index is 9.13. The lowest BCUT2D eigenvalue weighted by atomic mass is 10.0. The van der Waals surface area contributed by atoms with Crippen LogP contribution in [0.4, 0.5) is 0 Å². The molecule has 0 saturated heterocycles. The predicted octanol–water partition coefficient (Wildman–Crippen LogP) is 1.54. The van der Waals surface area contributed by atoms with Crippen LogP contribution in [0, 0.1) is 0 Å². The van der Waals surface area contributed by atoms with E-state index in [0.29, 0.717) is 5.90 Å². The van der Waals surface area contributed by atoms with Gasteiger partial charge in [-0.15, -0.1) is 0 Å². The first-order valence-corrected chi connectivity index (χ1v) is 4.68. The molecule has 0 amide bonds. The van der Waals surface area contributed by atoms with E-state index in [0.717, 1.165) is 5.56 Å². The van der Waals surface area contributed by atoms with Gasteiger partial charge in [0.2, 0.25) is 0 Å². The van der Waals surface area contributed by atoms with Gasteiger partial charge in [-0.25, -0.2) is 4.99 Å². The van der Waals surface area contributed by atoms with Crippen LogP contribution in [0.5, 0.6) is 0 Å². The highest BCUT2D eigenvalue weighted by molar-refractivity contribution is 5.75. The van der Waals surface area contributed by atoms with Crippen molar-refractivity contribution >= 4 is 5.90 Å². The quantitative estimate of drug-likeness (QED) is 0.770. The second-order valence-corrected chi connectivity index (χ2v) is 3.35. The fourth-order valence-electron chi connectivity index (χ4n) is 1.66. The molecule has 74 valence electrons. The SMILES string of the molecule is CC1=N[C@H](CO)[C@H](c2ccccc2)O1. The van der Waals surface area contributed by atoms with Gasteiger partial charge in [-0.1, -0.05) is 30.3 Å². The molecule has 0 aliphatic carbocycles. The third-order valence-corrected chi connectivity index (χ3v) is 2.31. The summed E-state index contributed by atoms with van der Waals surface area (Å²) >= 11 is 0. The van der Waals surface area contributed by atoms with Crippen molar-refractivity contribution < 1.29 is 9.84 Å². The molecule has 0 aromatic heterocycles. The topological polar surface area (TPSA) is 41.8 Å². The highest BCUT2D eigenvalue weighted by Crippen LogP contribution is 2.28. The molecule has 0 radical (unpaired) electrons. The molecular weight excluding hydrogens is 178 g/mol. The summed E-state index contributed by atoms with van der Waals surface area (Å²) in [5.41, 5.74) is 1.06. The van der Waals surface area contributed by atoms with Crippen molar-refractivity contribution in [2.24, 2.45) is 4.99 Å². The van der Waals surface area contributed by atoms with Crippen molar-refractivity contribution in [3.63, 3.8) is 0 Å². The van der Waals surface area contributed by atoms with Crippen molar-refractivity contribution in [3.05, 3.63) is 35.9 Å². The lowest BCUT2D eigenvalue weighted by Crippen LogP contribution is -2.17. The molecule has 0 unspecified atom stereocenters. The lowest BCUT2D eigenvalue weighted by molar-refractivity contribution is 0.150. The van der Waals surface area contributed by atoms with Gasteiger partial charge in [-0.05, 0) is 5.56 Å². The first-order chi connectivity index (χ1) is 6.81. The standard InChI is InChI=1S/C11H13NO2/c1-8-12-10(7-13)11(14-8)9-5-3-2-4-6-9/h2-6,10-11,13H,7H2,1H3/t10-,11+/m1/s1. The Morgan fingerprint density at radius 3 is 2.71 bits per heavy atom. The molecular formula is C11H13NO2. The molecule has 1 heterocycles. The summed E-state index contributed by atoms with van der Waals surface area (Å²) in [4.78, 5) is 4.21. The van der Waals surface area contributed by atoms with Gasteiger partial charge >= 0.3 is 0 Å². The van der Waals surface area contributed by atoms with Gasteiger partial charge in [0.05, 0.1) is 6.61 Å². The Morgan fingerprint density at radius 2 is 2.07 bits per heavy atom. The van der Waals surface area contributed by atoms with E-state index in [1.807, 2.05) is 37.3 Å². The molecule has 0 fully saturated rings. The molecule has 1 aliphatic rings. The zero-order valence-corrected chi connectivity index (χ0v) is 8.05. The zero-order valence-electron chi connectivity index (χ0n) is 8.05. The van der Waals surface area contributed by atoms with Crippen LogP contribution in [0.1, 0.15) is 18.6 Å². The molecule has 0 bridgehead atoms. The largest absolute Gasteiger partial charge is 0.471 e. The number of aliphatic hydroxyl groups is 1. The third-order valence-electron chi connectivity index (χ3n) is 2.31. The van der Waals surface area contributed by atoms with Crippen LogP contribution < -0.4 is 0 Å². The molecule has 1 aromatic rings. The minimum atomic E-state index is -0.155. The molecule has 3 nitrogen and oxygen atoms in total. The second kappa shape index (κ2) is 3.80. The maximum atomic E-state index is 9.13. The van der Waals surface area contributed by atoms with E-state index in [1.54, 1.807) is 0 Å². The Labute approximate surface area is 83.1 Å². The Hall–Kier alpha value is -1.35. The number of benzene rings is 1. The Kier molecular flexibility index (Phi) is 2.50. The molecule has 2 rings (SSSR count). The van der Waals surface area contributed by atoms with E-state index >= 15 is 0 Å². The van der Waals surface area contributed by atoms with Crippen LogP contribution in [-0.4, -0.2) is 23.7 Å². The van der Waals surface area contributed by atoms with E-state index in [-0.39, 0.29) is 18.8 Å². The number of rotatable bonds is 2. The fraction of sp³-hybridized carbons (Fsp3) is 0.364. The number of hydrogen-bond donors (Lipinski definition) is 1. The van der Waals surface area contributed by atoms with Crippen LogP contribution in [0.3, 0.4) is 0 Å². The van der Waals surface area contributed by atoms with Crippen LogP contribution in [0.25, 0.3) is 0 Å². The molecule has 1 aromatic carbocycles. The number of nitrogens with zero attached hydrogens (tertiary/aromatic N) is 1. The van der Waals surface area contributed by atoms with Crippen LogP contribution in [0.15, 0.2) is 35.3 Å². The normalized spacial score (nSPS) is 25.7. The minimum Gasteiger partial charge on any atom is -0.471 e. The Balaban J connectivity index is 2.21. The van der Waals surface area contributed by atoms with Crippen molar-refractivity contribution in [2.75, 3.05) is 6.61 Å². The van der Waals surface area contributed by atoms with Crippen LogP contribution >= 0.6 is 0 Å². The summed E-state index contributed by atoms with van der Waals surface area (Å²) < 4.78 is 5.54. The van der Waals surface area contributed by atoms with E-state index in [4.69, 9.17) is 9.84 Å². The summed E-state index contributed by atoms with van der Waals surface area (Å²) in [5, 5.41) is 9.13. The Morgan fingerprint density at radius 1 is 1.36 bits per heavy atom. The van der Waals surface area contributed by atoms with Gasteiger partial charge in [-0.3, -0.25) is 0 Å². The van der Waals surface area contributed by atoms with Crippen molar-refractivity contribution in [3.8, 4) is 0 Å². The van der Waals surface area contributed by atoms with E-state index in [1.165, 1.54) is 0 Å². The van der Waals surface area contributed by atoms with Gasteiger partial charge in [0.25, 0.3) is 0 Å². The molecule has 0 saturated carbocycles.